The minimum atomic E-state index is -0.608. The normalized spacial score (nSPS) is 12.1. The Labute approximate surface area is 224 Å². The molecule has 4 nitrogen and oxygen atoms in total. The van der Waals surface area contributed by atoms with E-state index >= 15 is 0 Å². The molecule has 190 valence electrons. The lowest BCUT2D eigenvalue weighted by Crippen LogP contribution is -2.54. The van der Waals surface area contributed by atoms with Crippen molar-refractivity contribution in [2.45, 2.75) is 63.1 Å². The fraction of sp³-hybridized carbons (Fsp3) is 0.333. The molecule has 0 radical (unpaired) electrons. The number of rotatable bonds is 11. The van der Waals surface area contributed by atoms with E-state index in [4.69, 9.17) is 11.6 Å². The van der Waals surface area contributed by atoms with Gasteiger partial charge in [0.05, 0.1) is 0 Å². The van der Waals surface area contributed by atoms with Crippen LogP contribution in [0.5, 0.6) is 0 Å². The number of halogens is 1. The van der Waals surface area contributed by atoms with Crippen LogP contribution in [-0.4, -0.2) is 34.0 Å². The zero-order valence-corrected chi connectivity index (χ0v) is 22.8. The molecule has 36 heavy (non-hydrogen) atoms. The molecule has 0 bridgehead atoms. The number of nitrogens with one attached hydrogen (secondary N) is 1. The maximum Gasteiger partial charge on any atom is 0.243 e. The molecule has 0 aliphatic rings. The number of thioether (sulfide) groups is 1. The molecule has 6 heteroatoms. The first-order chi connectivity index (χ1) is 17.2. The fourth-order valence-electron chi connectivity index (χ4n) is 3.87. The van der Waals surface area contributed by atoms with Crippen molar-refractivity contribution in [1.29, 1.82) is 0 Å². The summed E-state index contributed by atoms with van der Waals surface area (Å²) in [5.41, 5.74) is 1.63. The molecule has 0 spiro atoms. The van der Waals surface area contributed by atoms with Crippen LogP contribution in [0.1, 0.15) is 44.7 Å². The fourth-order valence-corrected chi connectivity index (χ4v) is 4.85. The lowest BCUT2D eigenvalue weighted by atomic mass is 10.00. The Hall–Kier alpha value is -2.76. The Balaban J connectivity index is 1.78. The minimum Gasteiger partial charge on any atom is -0.350 e. The highest BCUT2D eigenvalue weighted by atomic mass is 35.5. The number of carbonyl (C=O) groups is 2. The molecular formula is C30H35ClN2O2S. The van der Waals surface area contributed by atoms with Gasteiger partial charge >= 0.3 is 0 Å². The van der Waals surface area contributed by atoms with Crippen LogP contribution in [0.15, 0.2) is 89.8 Å². The molecule has 3 aromatic rings. The molecule has 2 amide bonds. The van der Waals surface area contributed by atoms with Crippen molar-refractivity contribution in [3.8, 4) is 0 Å². The van der Waals surface area contributed by atoms with E-state index in [0.29, 0.717) is 24.4 Å². The second kappa shape index (κ2) is 13.5. The van der Waals surface area contributed by atoms with E-state index in [1.165, 1.54) is 0 Å². The zero-order chi connectivity index (χ0) is 26.0. The van der Waals surface area contributed by atoms with E-state index in [1.807, 2.05) is 106 Å². The van der Waals surface area contributed by atoms with Crippen molar-refractivity contribution in [3.05, 3.63) is 101 Å². The smallest absolute Gasteiger partial charge is 0.243 e. The van der Waals surface area contributed by atoms with Crippen molar-refractivity contribution < 1.29 is 9.59 Å². The van der Waals surface area contributed by atoms with Crippen LogP contribution in [0, 0.1) is 0 Å². The summed E-state index contributed by atoms with van der Waals surface area (Å²) in [6.45, 7) is 6.27. The van der Waals surface area contributed by atoms with Gasteiger partial charge in [-0.2, -0.15) is 0 Å². The van der Waals surface area contributed by atoms with Gasteiger partial charge in [0.25, 0.3) is 0 Å². The van der Waals surface area contributed by atoms with Gasteiger partial charge in [-0.25, -0.2) is 0 Å². The molecule has 1 atom stereocenters. The van der Waals surface area contributed by atoms with E-state index in [9.17, 15) is 9.59 Å². The van der Waals surface area contributed by atoms with Gasteiger partial charge in [0.2, 0.25) is 11.8 Å². The Bertz CT molecular complexity index is 1100. The van der Waals surface area contributed by atoms with Crippen molar-refractivity contribution in [2.24, 2.45) is 0 Å². The van der Waals surface area contributed by atoms with Crippen LogP contribution < -0.4 is 5.32 Å². The van der Waals surface area contributed by atoms with Crippen LogP contribution >= 0.6 is 23.4 Å². The number of hydrogen-bond acceptors (Lipinski definition) is 3. The molecule has 0 aromatic heterocycles. The molecule has 3 rings (SSSR count). The number of nitrogens with zero attached hydrogens (tertiary/aromatic N) is 1. The van der Waals surface area contributed by atoms with Crippen LogP contribution in [0.3, 0.4) is 0 Å². The van der Waals surface area contributed by atoms with Crippen LogP contribution in [0.25, 0.3) is 0 Å². The summed E-state index contributed by atoms with van der Waals surface area (Å²) >= 11 is 7.68. The van der Waals surface area contributed by atoms with E-state index in [2.05, 4.69) is 5.32 Å². The molecule has 3 aromatic carbocycles. The quantitative estimate of drug-likeness (QED) is 0.223. The second-order valence-electron chi connectivity index (χ2n) is 9.86. The zero-order valence-electron chi connectivity index (χ0n) is 21.2. The molecule has 1 unspecified atom stereocenters. The summed E-state index contributed by atoms with van der Waals surface area (Å²) in [4.78, 5) is 30.0. The SMILES string of the molecule is CC(C)(C)NC(=O)C(Cc1ccccc1)N(Cc1ccccc1)C(=O)CCCSc1ccc(Cl)cc1. The van der Waals surface area contributed by atoms with Crippen LogP contribution in [0.2, 0.25) is 5.02 Å². The number of hydrogen-bond donors (Lipinski definition) is 1. The third kappa shape index (κ3) is 9.36. The molecule has 0 aliphatic heterocycles. The molecular weight excluding hydrogens is 488 g/mol. The van der Waals surface area contributed by atoms with Crippen LogP contribution in [-0.2, 0) is 22.6 Å². The van der Waals surface area contributed by atoms with Gasteiger partial charge in [0, 0.05) is 34.8 Å². The minimum absolute atomic E-state index is 0.0134. The maximum absolute atomic E-state index is 13.6. The summed E-state index contributed by atoms with van der Waals surface area (Å²) in [5, 5.41) is 3.82. The van der Waals surface area contributed by atoms with Gasteiger partial charge in [0.15, 0.2) is 0 Å². The van der Waals surface area contributed by atoms with E-state index in [1.54, 1.807) is 16.7 Å². The highest BCUT2D eigenvalue weighted by Gasteiger charge is 2.31. The third-order valence-corrected chi connectivity index (χ3v) is 6.93. The lowest BCUT2D eigenvalue weighted by molar-refractivity contribution is -0.142. The third-order valence-electron chi connectivity index (χ3n) is 5.58. The Morgan fingerprint density at radius 2 is 1.47 bits per heavy atom. The molecule has 0 fully saturated rings. The molecule has 0 aliphatic carbocycles. The summed E-state index contributed by atoms with van der Waals surface area (Å²) in [7, 11) is 0. The highest BCUT2D eigenvalue weighted by molar-refractivity contribution is 7.99. The average Bonchev–Trinajstić information content (AvgIpc) is 2.85. The highest BCUT2D eigenvalue weighted by Crippen LogP contribution is 2.22. The number of carbonyl (C=O) groups excluding carboxylic acids is 2. The average molecular weight is 523 g/mol. The summed E-state index contributed by atoms with van der Waals surface area (Å²) in [6, 6.07) is 26.9. The molecule has 1 N–H and O–H groups in total. The van der Waals surface area contributed by atoms with E-state index in [0.717, 1.165) is 28.2 Å². The second-order valence-corrected chi connectivity index (χ2v) is 11.5. The Morgan fingerprint density at radius 3 is 2.06 bits per heavy atom. The largest absolute Gasteiger partial charge is 0.350 e. The van der Waals surface area contributed by atoms with E-state index < -0.39 is 11.6 Å². The summed E-state index contributed by atoms with van der Waals surface area (Å²) in [6.07, 6.45) is 1.55. The summed E-state index contributed by atoms with van der Waals surface area (Å²) < 4.78 is 0. The maximum atomic E-state index is 13.6. The van der Waals surface area contributed by atoms with Gasteiger partial charge in [-0.1, -0.05) is 72.3 Å². The number of amides is 2. The first kappa shape index (κ1) is 27.8. The topological polar surface area (TPSA) is 49.4 Å². The lowest BCUT2D eigenvalue weighted by Gasteiger charge is -2.34. The van der Waals surface area contributed by atoms with Crippen LogP contribution in [0.4, 0.5) is 0 Å². The van der Waals surface area contributed by atoms with Crippen molar-refractivity contribution in [1.82, 2.24) is 10.2 Å². The van der Waals surface area contributed by atoms with Gasteiger partial charge in [-0.3, -0.25) is 9.59 Å². The van der Waals surface area contributed by atoms with Crippen molar-refractivity contribution in [2.75, 3.05) is 5.75 Å². The standard InChI is InChI=1S/C30H35ClN2O2S/c1-30(2,3)32-29(35)27(21-23-11-6-4-7-12-23)33(22-24-13-8-5-9-14-24)28(34)15-10-20-36-26-18-16-25(31)17-19-26/h4-9,11-14,16-19,27H,10,15,20-22H2,1-3H3,(H,32,35). The predicted octanol–water partition coefficient (Wildman–Crippen LogP) is 6.77. The van der Waals surface area contributed by atoms with Gasteiger partial charge < -0.3 is 10.2 Å². The molecule has 0 heterocycles. The van der Waals surface area contributed by atoms with E-state index in [-0.39, 0.29) is 11.8 Å². The molecule has 0 saturated heterocycles. The van der Waals surface area contributed by atoms with Gasteiger partial charge in [0.1, 0.15) is 6.04 Å². The monoisotopic (exact) mass is 522 g/mol. The molecule has 0 saturated carbocycles. The Morgan fingerprint density at radius 1 is 0.889 bits per heavy atom. The van der Waals surface area contributed by atoms with Crippen molar-refractivity contribution in [3.63, 3.8) is 0 Å². The first-order valence-electron chi connectivity index (χ1n) is 12.3. The summed E-state index contributed by atoms with van der Waals surface area (Å²) in [5.74, 6) is 0.663. The van der Waals surface area contributed by atoms with Crippen molar-refractivity contribution >= 4 is 35.2 Å². The predicted molar refractivity (Wildman–Crippen MR) is 150 cm³/mol. The number of benzene rings is 3. The van der Waals surface area contributed by atoms with Gasteiger partial charge in [-0.15, -0.1) is 11.8 Å². The first-order valence-corrected chi connectivity index (χ1v) is 13.7. The Kier molecular flexibility index (Phi) is 10.4. The van der Waals surface area contributed by atoms with Gasteiger partial charge in [-0.05, 0) is 68.3 Å².